The molecule has 0 saturated carbocycles. The molecule has 0 heterocycles. The quantitative estimate of drug-likeness (QED) is 0.795. The zero-order chi connectivity index (χ0) is 12.0. The van der Waals surface area contributed by atoms with Crippen molar-refractivity contribution in [2.45, 2.75) is 39.3 Å². The Balaban J connectivity index is 2.28. The van der Waals surface area contributed by atoms with E-state index in [0.29, 0.717) is 12.1 Å². The normalized spacial score (nSPS) is 12.8. The van der Waals surface area contributed by atoms with Gasteiger partial charge in [-0.1, -0.05) is 25.4 Å². The van der Waals surface area contributed by atoms with Crippen LogP contribution >= 0.6 is 11.6 Å². The predicted molar refractivity (Wildman–Crippen MR) is 72.3 cm³/mol. The van der Waals surface area contributed by atoms with Crippen LogP contribution in [0.25, 0.3) is 0 Å². The predicted octanol–water partition coefficient (Wildman–Crippen LogP) is 3.53. The molecular weight excluding hydrogens is 220 g/mol. The number of rotatable bonds is 6. The summed E-state index contributed by atoms with van der Waals surface area (Å²) in [6, 6.07) is 8.85. The largest absolute Gasteiger partial charge is 0.383 e. The molecule has 90 valence electrons. The zero-order valence-electron chi connectivity index (χ0n) is 10.3. The van der Waals surface area contributed by atoms with Gasteiger partial charge in [0, 0.05) is 22.8 Å². The Hall–Kier alpha value is -0.730. The van der Waals surface area contributed by atoms with Gasteiger partial charge in [-0.25, -0.2) is 0 Å². The van der Waals surface area contributed by atoms with Crippen molar-refractivity contribution in [2.24, 2.45) is 0 Å². The summed E-state index contributed by atoms with van der Waals surface area (Å²) in [5.41, 5.74) is 1.13. The summed E-state index contributed by atoms with van der Waals surface area (Å²) in [4.78, 5) is 0. The van der Waals surface area contributed by atoms with Gasteiger partial charge in [0.25, 0.3) is 0 Å². The van der Waals surface area contributed by atoms with E-state index in [1.54, 1.807) is 0 Å². The van der Waals surface area contributed by atoms with Crippen molar-refractivity contribution >= 4 is 17.3 Å². The van der Waals surface area contributed by atoms with Crippen LogP contribution in [0.4, 0.5) is 5.69 Å². The van der Waals surface area contributed by atoms with Crippen LogP contribution in [0.15, 0.2) is 24.3 Å². The Kier molecular flexibility index (Phi) is 5.64. The van der Waals surface area contributed by atoms with Gasteiger partial charge in [-0.2, -0.15) is 0 Å². The van der Waals surface area contributed by atoms with Gasteiger partial charge in [-0.3, -0.25) is 0 Å². The first-order valence-electron chi connectivity index (χ1n) is 5.83. The van der Waals surface area contributed by atoms with E-state index in [9.17, 15) is 0 Å². The topological polar surface area (TPSA) is 24.1 Å². The van der Waals surface area contributed by atoms with E-state index in [2.05, 4.69) is 31.4 Å². The Morgan fingerprint density at radius 1 is 1.12 bits per heavy atom. The standard InChI is InChI=1S/C13H21ClN2/c1-10(2)15-9-8-11(3)16-13-6-4-12(14)5-7-13/h4-7,10-11,15-16H,8-9H2,1-3H3. The number of hydrogen-bond donors (Lipinski definition) is 2. The van der Waals surface area contributed by atoms with Gasteiger partial charge in [0.1, 0.15) is 0 Å². The highest BCUT2D eigenvalue weighted by Gasteiger charge is 2.02. The number of halogens is 1. The van der Waals surface area contributed by atoms with E-state index < -0.39 is 0 Å². The fraction of sp³-hybridized carbons (Fsp3) is 0.538. The molecule has 16 heavy (non-hydrogen) atoms. The summed E-state index contributed by atoms with van der Waals surface area (Å²) in [5, 5.41) is 7.63. The maximum atomic E-state index is 5.83. The lowest BCUT2D eigenvalue weighted by Gasteiger charge is -2.16. The van der Waals surface area contributed by atoms with Gasteiger partial charge in [0.15, 0.2) is 0 Å². The lowest BCUT2D eigenvalue weighted by Crippen LogP contribution is -2.28. The number of benzene rings is 1. The molecule has 0 aliphatic heterocycles. The van der Waals surface area contributed by atoms with Crippen molar-refractivity contribution in [3.05, 3.63) is 29.3 Å². The van der Waals surface area contributed by atoms with Crippen LogP contribution in [0.3, 0.4) is 0 Å². The minimum Gasteiger partial charge on any atom is -0.383 e. The zero-order valence-corrected chi connectivity index (χ0v) is 11.0. The Morgan fingerprint density at radius 3 is 2.31 bits per heavy atom. The Morgan fingerprint density at radius 2 is 1.75 bits per heavy atom. The van der Waals surface area contributed by atoms with Crippen LogP contribution in [0.1, 0.15) is 27.2 Å². The first-order valence-corrected chi connectivity index (χ1v) is 6.21. The van der Waals surface area contributed by atoms with E-state index in [-0.39, 0.29) is 0 Å². The van der Waals surface area contributed by atoms with Crippen LogP contribution in [-0.2, 0) is 0 Å². The second kappa shape index (κ2) is 6.77. The molecule has 0 amide bonds. The molecule has 1 unspecified atom stereocenters. The van der Waals surface area contributed by atoms with E-state index in [1.807, 2.05) is 24.3 Å². The number of hydrogen-bond acceptors (Lipinski definition) is 2. The third-order valence-corrected chi connectivity index (χ3v) is 2.64. The summed E-state index contributed by atoms with van der Waals surface area (Å²) < 4.78 is 0. The molecule has 0 spiro atoms. The number of nitrogens with one attached hydrogen (secondary N) is 2. The summed E-state index contributed by atoms with van der Waals surface area (Å²) >= 11 is 5.83. The minimum absolute atomic E-state index is 0.465. The average molecular weight is 241 g/mol. The van der Waals surface area contributed by atoms with E-state index in [4.69, 9.17) is 11.6 Å². The van der Waals surface area contributed by atoms with Gasteiger partial charge in [0.05, 0.1) is 0 Å². The van der Waals surface area contributed by atoms with Crippen LogP contribution < -0.4 is 10.6 Å². The first kappa shape index (κ1) is 13.3. The maximum absolute atomic E-state index is 5.83. The van der Waals surface area contributed by atoms with Gasteiger partial charge >= 0.3 is 0 Å². The first-order chi connectivity index (χ1) is 7.58. The molecule has 0 aliphatic rings. The van der Waals surface area contributed by atoms with Crippen molar-refractivity contribution in [3.63, 3.8) is 0 Å². The molecule has 2 N–H and O–H groups in total. The van der Waals surface area contributed by atoms with E-state index >= 15 is 0 Å². The molecule has 0 fully saturated rings. The van der Waals surface area contributed by atoms with Gasteiger partial charge in [-0.15, -0.1) is 0 Å². The van der Waals surface area contributed by atoms with Crippen molar-refractivity contribution in [1.82, 2.24) is 5.32 Å². The van der Waals surface area contributed by atoms with Crippen LogP contribution in [-0.4, -0.2) is 18.6 Å². The Bertz CT molecular complexity index is 295. The summed E-state index contributed by atoms with van der Waals surface area (Å²) in [6.07, 6.45) is 1.11. The second-order valence-electron chi connectivity index (χ2n) is 4.45. The van der Waals surface area contributed by atoms with Gasteiger partial charge in [0.2, 0.25) is 0 Å². The SMILES string of the molecule is CC(C)NCCC(C)Nc1ccc(Cl)cc1. The highest BCUT2D eigenvalue weighted by Crippen LogP contribution is 2.14. The van der Waals surface area contributed by atoms with Crippen molar-refractivity contribution in [1.29, 1.82) is 0 Å². The highest BCUT2D eigenvalue weighted by molar-refractivity contribution is 6.30. The molecule has 0 aliphatic carbocycles. The second-order valence-corrected chi connectivity index (χ2v) is 4.89. The smallest absolute Gasteiger partial charge is 0.0407 e. The molecule has 1 aromatic rings. The van der Waals surface area contributed by atoms with Crippen LogP contribution in [0, 0.1) is 0 Å². The van der Waals surface area contributed by atoms with Crippen molar-refractivity contribution in [3.8, 4) is 0 Å². The van der Waals surface area contributed by atoms with Crippen molar-refractivity contribution in [2.75, 3.05) is 11.9 Å². The molecule has 1 atom stereocenters. The molecule has 0 bridgehead atoms. The van der Waals surface area contributed by atoms with E-state index in [0.717, 1.165) is 23.7 Å². The molecule has 0 saturated heterocycles. The number of anilines is 1. The fourth-order valence-corrected chi connectivity index (χ4v) is 1.62. The lowest BCUT2D eigenvalue weighted by molar-refractivity contribution is 0.550. The van der Waals surface area contributed by atoms with Crippen LogP contribution in [0.2, 0.25) is 5.02 Å². The molecule has 3 heteroatoms. The monoisotopic (exact) mass is 240 g/mol. The molecule has 2 nitrogen and oxygen atoms in total. The molecular formula is C13H21ClN2. The van der Waals surface area contributed by atoms with Crippen LogP contribution in [0.5, 0.6) is 0 Å². The summed E-state index contributed by atoms with van der Waals surface area (Å²) in [6.45, 7) is 7.56. The molecule has 0 aromatic heterocycles. The maximum Gasteiger partial charge on any atom is 0.0407 e. The van der Waals surface area contributed by atoms with E-state index in [1.165, 1.54) is 0 Å². The molecule has 1 aromatic carbocycles. The molecule has 1 rings (SSSR count). The lowest BCUT2D eigenvalue weighted by atomic mass is 10.2. The third-order valence-electron chi connectivity index (χ3n) is 2.39. The van der Waals surface area contributed by atoms with Gasteiger partial charge < -0.3 is 10.6 Å². The highest BCUT2D eigenvalue weighted by atomic mass is 35.5. The van der Waals surface area contributed by atoms with Crippen molar-refractivity contribution < 1.29 is 0 Å². The average Bonchev–Trinajstić information content (AvgIpc) is 2.21. The summed E-state index contributed by atoms with van der Waals surface area (Å²) in [7, 11) is 0. The summed E-state index contributed by atoms with van der Waals surface area (Å²) in [5.74, 6) is 0. The minimum atomic E-state index is 0.465. The van der Waals surface area contributed by atoms with Gasteiger partial charge in [-0.05, 0) is 44.2 Å². The third kappa shape index (κ3) is 5.38. The fourth-order valence-electron chi connectivity index (χ4n) is 1.49. The Labute approximate surface area is 103 Å². The molecule has 0 radical (unpaired) electrons.